The monoisotopic (exact) mass is 435 g/mol. The Bertz CT molecular complexity index is 744. The van der Waals surface area contributed by atoms with E-state index in [2.05, 4.69) is 16.0 Å². The summed E-state index contributed by atoms with van der Waals surface area (Å²) in [6.07, 6.45) is 4.31. The van der Waals surface area contributed by atoms with Gasteiger partial charge in [-0.15, -0.1) is 0 Å². The summed E-state index contributed by atoms with van der Waals surface area (Å²) in [4.78, 5) is 44.4. The second-order valence-corrected chi connectivity index (χ2v) is 8.61. The molecule has 2 fully saturated rings. The third-order valence-electron chi connectivity index (χ3n) is 5.15. The second-order valence-electron chi connectivity index (χ2n) is 7.46. The van der Waals surface area contributed by atoms with Gasteiger partial charge in [-0.25, -0.2) is 0 Å². The number of hydrogen-bond donors (Lipinski definition) is 4. The Morgan fingerprint density at radius 2 is 1.77 bits per heavy atom. The molecule has 2 aliphatic rings. The topological polar surface area (TPSA) is 125 Å². The van der Waals surface area contributed by atoms with Gasteiger partial charge in [0, 0.05) is 41.9 Å². The van der Waals surface area contributed by atoms with Crippen LogP contribution in [-0.4, -0.2) is 52.9 Å². The molecule has 1 aromatic rings. The van der Waals surface area contributed by atoms with E-state index in [0.29, 0.717) is 17.3 Å². The highest BCUT2D eigenvalue weighted by Gasteiger charge is 2.29. The Morgan fingerprint density at radius 3 is 2.37 bits per heavy atom. The van der Waals surface area contributed by atoms with Gasteiger partial charge in [0.25, 0.3) is 12.4 Å². The van der Waals surface area contributed by atoms with Crippen LogP contribution in [0.3, 0.4) is 0 Å². The van der Waals surface area contributed by atoms with Crippen LogP contribution < -0.4 is 16.0 Å². The lowest BCUT2D eigenvalue weighted by Crippen LogP contribution is -2.43. The maximum atomic E-state index is 12.5. The lowest BCUT2D eigenvalue weighted by molar-refractivity contribution is -0.126. The number of rotatable bonds is 5. The van der Waals surface area contributed by atoms with E-state index in [1.165, 1.54) is 6.92 Å². The van der Waals surface area contributed by atoms with Crippen LogP contribution in [0.25, 0.3) is 0 Å². The fourth-order valence-electron chi connectivity index (χ4n) is 3.68. The predicted octanol–water partition coefficient (Wildman–Crippen LogP) is 2.26. The lowest BCUT2D eigenvalue weighted by Gasteiger charge is -2.29. The molecule has 3 amide bonds. The van der Waals surface area contributed by atoms with Gasteiger partial charge in [-0.1, -0.05) is 6.07 Å². The molecular weight excluding hydrogens is 406 g/mol. The number of nitrogens with one attached hydrogen (secondary N) is 3. The number of carboxylic acid groups (broad SMARTS) is 1. The molecule has 0 aromatic heterocycles. The molecule has 1 aliphatic heterocycles. The minimum absolute atomic E-state index is 0.0619. The van der Waals surface area contributed by atoms with E-state index in [-0.39, 0.29) is 36.2 Å². The Balaban J connectivity index is 0.00000101. The number of carbonyl (C=O) groups is 4. The lowest BCUT2D eigenvalue weighted by atomic mass is 9.85. The van der Waals surface area contributed by atoms with E-state index in [9.17, 15) is 14.4 Å². The smallest absolute Gasteiger partial charge is 0.290 e. The van der Waals surface area contributed by atoms with E-state index in [1.54, 1.807) is 24.3 Å². The molecule has 4 N–H and O–H groups in total. The summed E-state index contributed by atoms with van der Waals surface area (Å²) in [5, 5.41) is 15.8. The summed E-state index contributed by atoms with van der Waals surface area (Å²) in [6, 6.07) is 7.34. The SMILES string of the molecule is CC(=O)Nc1cccc(C(=O)NC2CCC(C(=O)NC3CCSC3)CC2)c1.O=CO. The van der Waals surface area contributed by atoms with Gasteiger partial charge in [-0.3, -0.25) is 19.2 Å². The first kappa shape index (κ1) is 23.7. The van der Waals surface area contributed by atoms with Crippen molar-refractivity contribution in [1.82, 2.24) is 10.6 Å². The van der Waals surface area contributed by atoms with Gasteiger partial charge in [-0.2, -0.15) is 11.8 Å². The number of hydrogen-bond acceptors (Lipinski definition) is 5. The predicted molar refractivity (Wildman–Crippen MR) is 117 cm³/mol. The molecule has 164 valence electrons. The van der Waals surface area contributed by atoms with Crippen LogP contribution >= 0.6 is 11.8 Å². The molecule has 3 rings (SSSR count). The minimum Gasteiger partial charge on any atom is -0.483 e. The maximum Gasteiger partial charge on any atom is 0.290 e. The molecule has 30 heavy (non-hydrogen) atoms. The van der Waals surface area contributed by atoms with Crippen molar-refractivity contribution in [2.24, 2.45) is 5.92 Å². The number of thioether (sulfide) groups is 1. The molecular formula is C21H29N3O5S. The molecule has 1 aliphatic carbocycles. The summed E-state index contributed by atoms with van der Waals surface area (Å²) in [5.41, 5.74) is 1.14. The summed E-state index contributed by atoms with van der Waals surface area (Å²) < 4.78 is 0. The first-order valence-corrected chi connectivity index (χ1v) is 11.2. The minimum atomic E-state index is -0.250. The van der Waals surface area contributed by atoms with Gasteiger partial charge in [0.05, 0.1) is 0 Å². The van der Waals surface area contributed by atoms with Crippen LogP contribution in [0.5, 0.6) is 0 Å². The van der Waals surface area contributed by atoms with E-state index in [0.717, 1.165) is 43.6 Å². The number of amides is 3. The van der Waals surface area contributed by atoms with Crippen molar-refractivity contribution in [2.75, 3.05) is 16.8 Å². The van der Waals surface area contributed by atoms with E-state index in [4.69, 9.17) is 9.90 Å². The third kappa shape index (κ3) is 7.70. The molecule has 1 saturated carbocycles. The Labute approximate surface area is 180 Å². The molecule has 8 nitrogen and oxygen atoms in total. The molecule has 9 heteroatoms. The fraction of sp³-hybridized carbons (Fsp3) is 0.524. The highest BCUT2D eigenvalue weighted by molar-refractivity contribution is 7.99. The van der Waals surface area contributed by atoms with E-state index >= 15 is 0 Å². The average Bonchev–Trinajstić information content (AvgIpc) is 3.22. The van der Waals surface area contributed by atoms with Crippen LogP contribution in [0.4, 0.5) is 5.69 Å². The molecule has 1 atom stereocenters. The van der Waals surface area contributed by atoms with Gasteiger partial charge < -0.3 is 21.1 Å². The molecule has 1 aromatic carbocycles. The molecule has 1 heterocycles. The maximum absolute atomic E-state index is 12.5. The second kappa shape index (κ2) is 12.2. The van der Waals surface area contributed by atoms with Crippen molar-refractivity contribution in [3.05, 3.63) is 29.8 Å². The van der Waals surface area contributed by atoms with E-state index in [1.807, 2.05) is 11.8 Å². The third-order valence-corrected chi connectivity index (χ3v) is 6.32. The van der Waals surface area contributed by atoms with E-state index < -0.39 is 0 Å². The van der Waals surface area contributed by atoms with Crippen molar-refractivity contribution in [2.45, 2.75) is 51.1 Å². The zero-order valence-corrected chi connectivity index (χ0v) is 17.9. The molecule has 1 unspecified atom stereocenters. The summed E-state index contributed by atoms with van der Waals surface area (Å²) >= 11 is 1.89. The highest BCUT2D eigenvalue weighted by Crippen LogP contribution is 2.26. The number of anilines is 1. The first-order chi connectivity index (χ1) is 14.4. The molecule has 0 radical (unpaired) electrons. The zero-order valence-electron chi connectivity index (χ0n) is 17.1. The number of carbonyl (C=O) groups excluding carboxylic acids is 3. The molecule has 0 bridgehead atoms. The normalized spacial score (nSPS) is 22.8. The van der Waals surface area contributed by atoms with Crippen molar-refractivity contribution in [3.8, 4) is 0 Å². The van der Waals surface area contributed by atoms with Crippen LogP contribution in [0.15, 0.2) is 24.3 Å². The van der Waals surface area contributed by atoms with Gasteiger partial charge in [0.1, 0.15) is 0 Å². The Kier molecular flexibility index (Phi) is 9.66. The largest absolute Gasteiger partial charge is 0.483 e. The highest BCUT2D eigenvalue weighted by atomic mass is 32.2. The summed E-state index contributed by atoms with van der Waals surface area (Å²) in [7, 11) is 0. The van der Waals surface area contributed by atoms with Crippen LogP contribution in [0, 0.1) is 5.92 Å². The van der Waals surface area contributed by atoms with Gasteiger partial charge >= 0.3 is 0 Å². The van der Waals surface area contributed by atoms with Gasteiger partial charge in [0.2, 0.25) is 11.8 Å². The average molecular weight is 436 g/mol. The van der Waals surface area contributed by atoms with Gasteiger partial charge in [-0.05, 0) is 56.1 Å². The number of benzene rings is 1. The molecule has 1 saturated heterocycles. The van der Waals surface area contributed by atoms with Crippen LogP contribution in [0.2, 0.25) is 0 Å². The molecule has 0 spiro atoms. The quantitative estimate of drug-likeness (QED) is 0.526. The Morgan fingerprint density at radius 1 is 1.07 bits per heavy atom. The van der Waals surface area contributed by atoms with Crippen molar-refractivity contribution in [1.29, 1.82) is 0 Å². The standard InChI is InChI=1S/C20H27N3O3S.CH2O2/c1-13(24)21-17-4-2-3-15(11-17)20(26)22-16-7-5-14(6-8-16)19(25)23-18-9-10-27-12-18;2-1-3/h2-4,11,14,16,18H,5-10,12H2,1H3,(H,21,24)(H,22,26)(H,23,25);1H,(H,2,3). The van der Waals surface area contributed by atoms with Crippen LogP contribution in [0.1, 0.15) is 49.4 Å². The summed E-state index contributed by atoms with van der Waals surface area (Å²) in [6.45, 7) is 1.19. The fourth-order valence-corrected chi connectivity index (χ4v) is 4.83. The Hall–Kier alpha value is -2.55. The van der Waals surface area contributed by atoms with Crippen LogP contribution in [-0.2, 0) is 14.4 Å². The zero-order chi connectivity index (χ0) is 21.9. The summed E-state index contributed by atoms with van der Waals surface area (Å²) in [5.74, 6) is 2.09. The van der Waals surface area contributed by atoms with Crippen molar-refractivity contribution >= 4 is 41.6 Å². The van der Waals surface area contributed by atoms with Crippen molar-refractivity contribution in [3.63, 3.8) is 0 Å². The van der Waals surface area contributed by atoms with Gasteiger partial charge in [0.15, 0.2) is 0 Å². The van der Waals surface area contributed by atoms with Crippen molar-refractivity contribution < 1.29 is 24.3 Å². The first-order valence-electron chi connectivity index (χ1n) is 10.1.